The molecule has 1 heterocycles. The van der Waals surface area contributed by atoms with Crippen molar-refractivity contribution in [3.8, 4) is 5.75 Å². The summed E-state index contributed by atoms with van der Waals surface area (Å²) in [5.41, 5.74) is 2.11. The number of rotatable bonds is 5. The first-order chi connectivity index (χ1) is 8.69. The zero-order valence-electron chi connectivity index (χ0n) is 9.95. The van der Waals surface area contributed by atoms with E-state index in [-0.39, 0.29) is 0 Å². The van der Waals surface area contributed by atoms with Crippen molar-refractivity contribution in [3.63, 3.8) is 0 Å². The van der Waals surface area contributed by atoms with E-state index in [1.54, 1.807) is 11.3 Å². The molecule has 0 radical (unpaired) electrons. The van der Waals surface area contributed by atoms with Gasteiger partial charge in [-0.3, -0.25) is 0 Å². The molecule has 2 aromatic rings. The largest absolute Gasteiger partial charge is 0.493 e. The van der Waals surface area contributed by atoms with Gasteiger partial charge in [0.15, 0.2) is 0 Å². The minimum absolute atomic E-state index is 0.475. The van der Waals surface area contributed by atoms with Gasteiger partial charge in [0, 0.05) is 16.3 Å². The van der Waals surface area contributed by atoms with Crippen LogP contribution in [-0.2, 0) is 12.3 Å². The van der Waals surface area contributed by atoms with E-state index in [9.17, 15) is 0 Å². The van der Waals surface area contributed by atoms with Crippen LogP contribution in [0.5, 0.6) is 5.75 Å². The van der Waals surface area contributed by atoms with Gasteiger partial charge in [-0.25, -0.2) is 4.98 Å². The zero-order chi connectivity index (χ0) is 13.0. The van der Waals surface area contributed by atoms with Crippen LogP contribution in [0.25, 0.3) is 0 Å². The van der Waals surface area contributed by atoms with E-state index < -0.39 is 0 Å². The predicted octanol–water partition coefficient (Wildman–Crippen LogP) is 4.57. The van der Waals surface area contributed by atoms with Crippen LogP contribution in [0.3, 0.4) is 0 Å². The number of nitrogens with zero attached hydrogens (tertiary/aromatic N) is 1. The smallest absolute Gasteiger partial charge is 0.119 e. The summed E-state index contributed by atoms with van der Waals surface area (Å²) < 4.78 is 6.80. The number of aryl methyl sites for hydroxylation is 1. The molecule has 0 saturated heterocycles. The summed E-state index contributed by atoms with van der Waals surface area (Å²) in [6.45, 7) is 2.68. The molecule has 0 aliphatic carbocycles. The molecule has 1 aromatic heterocycles. The highest BCUT2D eigenvalue weighted by atomic mass is 79.9. The lowest BCUT2D eigenvalue weighted by Gasteiger charge is -2.06. The molecule has 2 rings (SSSR count). The number of thiazole rings is 1. The third kappa shape index (κ3) is 3.70. The molecule has 0 N–H and O–H groups in total. The summed E-state index contributed by atoms with van der Waals surface area (Å²) in [4.78, 5) is 4.39. The Labute approximate surface area is 124 Å². The van der Waals surface area contributed by atoms with Gasteiger partial charge in [0.2, 0.25) is 0 Å². The van der Waals surface area contributed by atoms with E-state index in [0.717, 1.165) is 27.3 Å². The minimum Gasteiger partial charge on any atom is -0.493 e. The molecule has 0 saturated carbocycles. The Morgan fingerprint density at radius 1 is 1.44 bits per heavy atom. The highest BCUT2D eigenvalue weighted by molar-refractivity contribution is 9.10. The van der Waals surface area contributed by atoms with Gasteiger partial charge < -0.3 is 4.74 Å². The first-order valence-electron chi connectivity index (χ1n) is 5.57. The Hall–Kier alpha value is -0.580. The molecule has 0 spiro atoms. The quantitative estimate of drug-likeness (QED) is 0.740. The van der Waals surface area contributed by atoms with Crippen LogP contribution in [0.2, 0.25) is 0 Å². The lowest BCUT2D eigenvalue weighted by atomic mass is 10.2. The molecule has 0 aliphatic heterocycles. The average Bonchev–Trinajstić information content (AvgIpc) is 2.82. The Morgan fingerprint density at radius 2 is 2.28 bits per heavy atom. The van der Waals surface area contributed by atoms with Crippen LogP contribution < -0.4 is 4.74 Å². The van der Waals surface area contributed by atoms with Crippen molar-refractivity contribution >= 4 is 38.9 Å². The normalized spacial score (nSPS) is 10.6. The lowest BCUT2D eigenvalue weighted by molar-refractivity contribution is 0.321. The number of hydrogen-bond acceptors (Lipinski definition) is 3. The van der Waals surface area contributed by atoms with Crippen molar-refractivity contribution in [2.24, 2.45) is 0 Å². The van der Waals surface area contributed by atoms with E-state index in [1.807, 2.05) is 30.5 Å². The van der Waals surface area contributed by atoms with Crippen molar-refractivity contribution in [1.82, 2.24) is 4.98 Å². The fourth-order valence-electron chi connectivity index (χ4n) is 1.49. The second kappa shape index (κ2) is 6.55. The van der Waals surface area contributed by atoms with Crippen LogP contribution in [0, 0.1) is 6.92 Å². The standard InChI is InChI=1S/C13H13BrClNOS/c1-9-6-11(2-3-12(9)14)17-5-4-13-16-10(7-15)8-18-13/h2-3,6,8H,4-5,7H2,1H3. The van der Waals surface area contributed by atoms with E-state index in [4.69, 9.17) is 16.3 Å². The van der Waals surface area contributed by atoms with Crippen LogP contribution in [0.15, 0.2) is 28.1 Å². The third-order valence-corrected chi connectivity index (χ3v) is 4.57. The number of halogens is 2. The van der Waals surface area contributed by atoms with Gasteiger partial charge in [-0.2, -0.15) is 0 Å². The van der Waals surface area contributed by atoms with Gasteiger partial charge in [0.1, 0.15) is 5.75 Å². The Bertz CT molecular complexity index is 529. The molecule has 5 heteroatoms. The molecule has 0 fully saturated rings. The summed E-state index contributed by atoms with van der Waals surface area (Å²) in [6.07, 6.45) is 0.816. The second-order valence-corrected chi connectivity index (χ2v) is 5.94. The Kier molecular flexibility index (Phi) is 5.03. The Morgan fingerprint density at radius 3 is 2.94 bits per heavy atom. The highest BCUT2D eigenvalue weighted by Crippen LogP contribution is 2.22. The maximum Gasteiger partial charge on any atom is 0.119 e. The minimum atomic E-state index is 0.475. The summed E-state index contributed by atoms with van der Waals surface area (Å²) >= 11 is 10.8. The maximum atomic E-state index is 5.71. The SMILES string of the molecule is Cc1cc(OCCc2nc(CCl)cs2)ccc1Br. The van der Waals surface area contributed by atoms with Gasteiger partial charge >= 0.3 is 0 Å². The number of hydrogen-bond donors (Lipinski definition) is 0. The van der Waals surface area contributed by atoms with Crippen molar-refractivity contribution in [2.45, 2.75) is 19.2 Å². The number of aromatic nitrogens is 1. The second-order valence-electron chi connectivity index (χ2n) is 3.88. The average molecular weight is 347 g/mol. The van der Waals surface area contributed by atoms with Crippen molar-refractivity contribution in [3.05, 3.63) is 44.3 Å². The molecule has 0 unspecified atom stereocenters. The van der Waals surface area contributed by atoms with Crippen LogP contribution in [-0.4, -0.2) is 11.6 Å². The molecule has 0 amide bonds. The first-order valence-corrected chi connectivity index (χ1v) is 7.78. The Balaban J connectivity index is 1.86. The third-order valence-electron chi connectivity index (χ3n) is 2.45. The molecule has 0 aliphatic rings. The number of alkyl halides is 1. The van der Waals surface area contributed by atoms with Gasteiger partial charge in [-0.1, -0.05) is 15.9 Å². The molecule has 96 valence electrons. The molecule has 18 heavy (non-hydrogen) atoms. The van der Waals surface area contributed by atoms with E-state index in [0.29, 0.717) is 12.5 Å². The fraction of sp³-hybridized carbons (Fsp3) is 0.308. The van der Waals surface area contributed by atoms with Gasteiger partial charge in [0.05, 0.1) is 23.2 Å². The van der Waals surface area contributed by atoms with Gasteiger partial charge in [-0.15, -0.1) is 22.9 Å². The summed E-state index contributed by atoms with van der Waals surface area (Å²) in [6, 6.07) is 5.99. The summed E-state index contributed by atoms with van der Waals surface area (Å²) in [7, 11) is 0. The monoisotopic (exact) mass is 345 g/mol. The van der Waals surface area contributed by atoms with Crippen LogP contribution >= 0.6 is 38.9 Å². The van der Waals surface area contributed by atoms with Crippen molar-refractivity contribution < 1.29 is 4.74 Å². The van der Waals surface area contributed by atoms with Crippen LogP contribution in [0.4, 0.5) is 0 Å². The molecule has 1 aromatic carbocycles. The highest BCUT2D eigenvalue weighted by Gasteiger charge is 2.02. The topological polar surface area (TPSA) is 22.1 Å². The van der Waals surface area contributed by atoms with Crippen molar-refractivity contribution in [2.75, 3.05) is 6.61 Å². The molecule has 0 bridgehead atoms. The molecular formula is C13H13BrClNOS. The van der Waals surface area contributed by atoms with Crippen molar-refractivity contribution in [1.29, 1.82) is 0 Å². The molecular weight excluding hydrogens is 334 g/mol. The van der Waals surface area contributed by atoms with E-state index >= 15 is 0 Å². The first kappa shape index (κ1) is 13.8. The molecule has 0 atom stereocenters. The summed E-state index contributed by atoms with van der Waals surface area (Å²) in [5.74, 6) is 1.37. The van der Waals surface area contributed by atoms with E-state index in [1.165, 1.54) is 5.56 Å². The fourth-order valence-corrected chi connectivity index (χ4v) is 2.74. The number of ether oxygens (including phenoxy) is 1. The predicted molar refractivity (Wildman–Crippen MR) is 79.7 cm³/mol. The molecule has 2 nitrogen and oxygen atoms in total. The zero-order valence-corrected chi connectivity index (χ0v) is 13.1. The summed E-state index contributed by atoms with van der Waals surface area (Å²) in [5, 5.41) is 3.06. The van der Waals surface area contributed by atoms with E-state index in [2.05, 4.69) is 20.9 Å². The van der Waals surface area contributed by atoms with Crippen LogP contribution in [0.1, 0.15) is 16.3 Å². The maximum absolute atomic E-state index is 5.71. The van der Waals surface area contributed by atoms with Gasteiger partial charge in [0.25, 0.3) is 0 Å². The lowest BCUT2D eigenvalue weighted by Crippen LogP contribution is -2.01. The number of benzene rings is 1. The van der Waals surface area contributed by atoms with Gasteiger partial charge in [-0.05, 0) is 30.7 Å².